The number of hydrogen-bond donors (Lipinski definition) is 0. The first-order valence-corrected chi connectivity index (χ1v) is 10.5. The molecule has 0 radical (unpaired) electrons. The molecule has 1 aliphatic carbocycles. The van der Waals surface area contributed by atoms with Crippen molar-refractivity contribution < 1.29 is 4.79 Å². The molecule has 142 valence electrons. The minimum Gasteiger partial charge on any atom is -0.298 e. The van der Waals surface area contributed by atoms with Crippen molar-refractivity contribution in [3.05, 3.63) is 77.9 Å². The van der Waals surface area contributed by atoms with Crippen molar-refractivity contribution in [1.82, 2.24) is 14.8 Å². The Kier molecular flexibility index (Phi) is 5.44. The zero-order valence-corrected chi connectivity index (χ0v) is 16.8. The van der Waals surface area contributed by atoms with Crippen molar-refractivity contribution in [1.29, 1.82) is 0 Å². The molecule has 0 saturated carbocycles. The first kappa shape index (κ1) is 18.7. The van der Waals surface area contributed by atoms with E-state index >= 15 is 0 Å². The predicted molar refractivity (Wildman–Crippen MR) is 114 cm³/mol. The van der Waals surface area contributed by atoms with Gasteiger partial charge in [-0.15, -0.1) is 16.8 Å². The van der Waals surface area contributed by atoms with Crippen LogP contribution in [-0.4, -0.2) is 25.8 Å². The topological polar surface area (TPSA) is 47.8 Å². The lowest BCUT2D eigenvalue weighted by molar-refractivity contribution is 0.0993. The summed E-state index contributed by atoms with van der Waals surface area (Å²) in [6, 6.07) is 16.1. The van der Waals surface area contributed by atoms with Crippen LogP contribution < -0.4 is 0 Å². The number of carbonyl (C=O) groups excluding carboxylic acids is 1. The molecule has 0 aliphatic heterocycles. The van der Waals surface area contributed by atoms with E-state index in [0.29, 0.717) is 6.54 Å². The number of hydrogen-bond acceptors (Lipinski definition) is 4. The Balaban J connectivity index is 1.57. The average Bonchev–Trinajstić information content (AvgIpc) is 3.35. The Morgan fingerprint density at radius 1 is 1.18 bits per heavy atom. The molecular formula is C23H23N3OS. The molecule has 0 bridgehead atoms. The van der Waals surface area contributed by atoms with Crippen LogP contribution in [-0.2, 0) is 19.4 Å². The molecule has 0 fully saturated rings. The summed E-state index contributed by atoms with van der Waals surface area (Å²) in [7, 11) is 0. The second-order valence-electron chi connectivity index (χ2n) is 7.03. The first-order chi connectivity index (χ1) is 13.7. The number of aryl methyl sites for hydroxylation is 2. The van der Waals surface area contributed by atoms with Gasteiger partial charge in [0.2, 0.25) is 0 Å². The quantitative estimate of drug-likeness (QED) is 0.325. The van der Waals surface area contributed by atoms with E-state index in [9.17, 15) is 4.79 Å². The van der Waals surface area contributed by atoms with E-state index in [4.69, 9.17) is 0 Å². The summed E-state index contributed by atoms with van der Waals surface area (Å²) in [6.45, 7) is 6.39. The number of aromatic nitrogens is 3. The van der Waals surface area contributed by atoms with Crippen molar-refractivity contribution in [2.24, 2.45) is 0 Å². The number of ketones is 1. The highest BCUT2D eigenvalue weighted by Gasteiger charge is 2.22. The van der Waals surface area contributed by atoms with Gasteiger partial charge in [-0.05, 0) is 43.4 Å². The first-order valence-electron chi connectivity index (χ1n) is 9.59. The van der Waals surface area contributed by atoms with Gasteiger partial charge < -0.3 is 0 Å². The Hall–Kier alpha value is -2.66. The molecule has 0 N–H and O–H groups in total. The van der Waals surface area contributed by atoms with E-state index in [2.05, 4.69) is 28.9 Å². The van der Waals surface area contributed by atoms with Gasteiger partial charge >= 0.3 is 0 Å². The summed E-state index contributed by atoms with van der Waals surface area (Å²) in [5, 5.41) is 9.23. The molecule has 1 atom stereocenters. The third-order valence-electron chi connectivity index (χ3n) is 5.09. The summed E-state index contributed by atoms with van der Waals surface area (Å²) in [5.74, 6) is 0.925. The Morgan fingerprint density at radius 2 is 1.96 bits per heavy atom. The smallest absolute Gasteiger partial charge is 0.192 e. The van der Waals surface area contributed by atoms with Crippen molar-refractivity contribution in [3.63, 3.8) is 0 Å². The highest BCUT2D eigenvalue weighted by atomic mass is 32.2. The summed E-state index contributed by atoms with van der Waals surface area (Å²) in [5.41, 5.74) is 4.50. The normalized spacial score (nSPS) is 13.9. The van der Waals surface area contributed by atoms with Gasteiger partial charge in [0.1, 0.15) is 0 Å². The van der Waals surface area contributed by atoms with E-state index in [1.807, 2.05) is 54.0 Å². The van der Waals surface area contributed by atoms with Gasteiger partial charge in [-0.25, -0.2) is 0 Å². The summed E-state index contributed by atoms with van der Waals surface area (Å²) < 4.78 is 2.01. The fourth-order valence-corrected chi connectivity index (χ4v) is 4.58. The molecule has 2 aromatic carbocycles. The molecule has 4 nitrogen and oxygen atoms in total. The fourth-order valence-electron chi connectivity index (χ4n) is 3.64. The molecule has 1 aliphatic rings. The highest BCUT2D eigenvalue weighted by molar-refractivity contribution is 8.00. The van der Waals surface area contributed by atoms with Crippen LogP contribution in [0.1, 0.15) is 34.8 Å². The molecule has 1 heterocycles. The third-order valence-corrected chi connectivity index (χ3v) is 6.18. The van der Waals surface area contributed by atoms with Crippen molar-refractivity contribution in [2.45, 2.75) is 43.1 Å². The summed E-state index contributed by atoms with van der Waals surface area (Å²) in [4.78, 5) is 13.0. The largest absolute Gasteiger partial charge is 0.298 e. The minimum atomic E-state index is -0.240. The molecule has 28 heavy (non-hydrogen) atoms. The van der Waals surface area contributed by atoms with E-state index in [0.717, 1.165) is 34.9 Å². The van der Waals surface area contributed by atoms with Crippen LogP contribution in [0.25, 0.3) is 11.4 Å². The van der Waals surface area contributed by atoms with Crippen LogP contribution in [0.5, 0.6) is 0 Å². The van der Waals surface area contributed by atoms with Crippen molar-refractivity contribution >= 4 is 17.5 Å². The number of rotatable bonds is 7. The second-order valence-corrected chi connectivity index (χ2v) is 8.34. The lowest BCUT2D eigenvalue weighted by atomic mass is 10.0. The van der Waals surface area contributed by atoms with Crippen molar-refractivity contribution in [2.75, 3.05) is 0 Å². The Bertz CT molecular complexity index is 1010. The molecule has 5 heteroatoms. The Labute approximate surface area is 169 Å². The SMILES string of the molecule is C=CCn1c(S[C@@H](C)C(=O)c2ccc3c(c2)CCC3)nnc1-c1ccccc1. The maximum Gasteiger partial charge on any atom is 0.192 e. The molecule has 1 aromatic heterocycles. The number of fused-ring (bicyclic) bond motifs is 1. The van der Waals surface area contributed by atoms with Crippen LogP contribution in [0.2, 0.25) is 0 Å². The molecule has 0 unspecified atom stereocenters. The minimum absolute atomic E-state index is 0.133. The Morgan fingerprint density at radius 3 is 2.75 bits per heavy atom. The van der Waals surface area contributed by atoms with E-state index in [1.54, 1.807) is 0 Å². The van der Waals surface area contributed by atoms with Crippen LogP contribution in [0.4, 0.5) is 0 Å². The molecule has 4 rings (SSSR count). The number of Topliss-reactive ketones (excluding diaryl/α,β-unsaturated/α-hetero) is 1. The lowest BCUT2D eigenvalue weighted by Gasteiger charge is -2.12. The molecule has 0 spiro atoms. The maximum atomic E-state index is 13.0. The highest BCUT2D eigenvalue weighted by Crippen LogP contribution is 2.30. The monoisotopic (exact) mass is 389 g/mol. The van der Waals surface area contributed by atoms with Gasteiger partial charge in [-0.2, -0.15) is 0 Å². The number of allylic oxidation sites excluding steroid dienone is 1. The van der Waals surface area contributed by atoms with Crippen LogP contribution in [0, 0.1) is 0 Å². The predicted octanol–water partition coefficient (Wildman–Crippen LogP) is 4.98. The van der Waals surface area contributed by atoms with E-state index in [-0.39, 0.29) is 11.0 Å². The number of nitrogens with zero attached hydrogens (tertiary/aromatic N) is 3. The van der Waals surface area contributed by atoms with Crippen LogP contribution in [0.3, 0.4) is 0 Å². The van der Waals surface area contributed by atoms with Gasteiger partial charge in [0.05, 0.1) is 5.25 Å². The van der Waals surface area contributed by atoms with Gasteiger partial charge in [0.15, 0.2) is 16.8 Å². The summed E-state index contributed by atoms with van der Waals surface area (Å²) >= 11 is 1.45. The maximum absolute atomic E-state index is 13.0. The summed E-state index contributed by atoms with van der Waals surface area (Å²) in [6.07, 6.45) is 5.21. The van der Waals surface area contributed by atoms with Crippen LogP contribution >= 0.6 is 11.8 Å². The van der Waals surface area contributed by atoms with Gasteiger partial charge in [0, 0.05) is 17.7 Å². The van der Waals surface area contributed by atoms with E-state index in [1.165, 1.54) is 29.3 Å². The van der Waals surface area contributed by atoms with Gasteiger partial charge in [0.25, 0.3) is 0 Å². The van der Waals surface area contributed by atoms with Crippen LogP contribution in [0.15, 0.2) is 66.3 Å². The fraction of sp³-hybridized carbons (Fsp3) is 0.261. The average molecular weight is 390 g/mol. The standard InChI is InChI=1S/C23H23N3OS/c1-3-14-26-22(18-8-5-4-6-9-18)24-25-23(26)28-16(2)21(27)20-13-12-17-10-7-11-19(17)15-20/h3-6,8-9,12-13,15-16H,1,7,10-11,14H2,2H3/t16-/m0/s1. The van der Waals surface area contributed by atoms with Gasteiger partial charge in [-0.3, -0.25) is 9.36 Å². The molecule has 0 amide bonds. The third kappa shape index (κ3) is 3.67. The van der Waals surface area contributed by atoms with E-state index < -0.39 is 0 Å². The molecular weight excluding hydrogens is 366 g/mol. The van der Waals surface area contributed by atoms with Crippen molar-refractivity contribution in [3.8, 4) is 11.4 Å². The number of carbonyl (C=O) groups is 1. The lowest BCUT2D eigenvalue weighted by Crippen LogP contribution is -2.15. The second kappa shape index (κ2) is 8.15. The number of thioether (sulfide) groups is 1. The molecule has 3 aromatic rings. The molecule has 0 saturated heterocycles. The number of benzene rings is 2. The zero-order valence-electron chi connectivity index (χ0n) is 16.0. The zero-order chi connectivity index (χ0) is 19.5. The van der Waals surface area contributed by atoms with Gasteiger partial charge in [-0.1, -0.05) is 60.3 Å².